The lowest BCUT2D eigenvalue weighted by Gasteiger charge is -2.22. The van der Waals surface area contributed by atoms with Gasteiger partial charge in [0.05, 0.1) is 18.6 Å². The molecule has 1 heterocycles. The van der Waals surface area contributed by atoms with Crippen molar-refractivity contribution in [3.05, 3.63) is 29.8 Å². The van der Waals surface area contributed by atoms with Gasteiger partial charge in [-0.2, -0.15) is 0 Å². The third-order valence-electron chi connectivity index (χ3n) is 5.20. The van der Waals surface area contributed by atoms with Gasteiger partial charge in [-0.3, -0.25) is 19.2 Å². The third-order valence-corrected chi connectivity index (χ3v) is 5.20. The monoisotopic (exact) mass is 476 g/mol. The number of nitrogens with one attached hydrogen (secondary N) is 4. The van der Waals surface area contributed by atoms with E-state index in [0.29, 0.717) is 44.7 Å². The van der Waals surface area contributed by atoms with E-state index in [-0.39, 0.29) is 30.4 Å². The van der Waals surface area contributed by atoms with Crippen LogP contribution in [0.2, 0.25) is 0 Å². The molecule has 10 nitrogen and oxygen atoms in total. The van der Waals surface area contributed by atoms with Crippen molar-refractivity contribution in [1.82, 2.24) is 21.3 Å². The minimum Gasteiger partial charge on any atom is -0.493 e. The molecule has 1 aromatic carbocycles. The lowest BCUT2D eigenvalue weighted by molar-refractivity contribution is -0.131. The Morgan fingerprint density at radius 2 is 1.97 bits per heavy atom. The molecule has 0 aromatic heterocycles. The molecule has 1 aromatic rings. The zero-order chi connectivity index (χ0) is 24.9. The first-order valence-corrected chi connectivity index (χ1v) is 11.7. The Hall–Kier alpha value is -3.14. The maximum absolute atomic E-state index is 13.0. The number of amides is 4. The maximum atomic E-state index is 13.0. The summed E-state index contributed by atoms with van der Waals surface area (Å²) in [6.45, 7) is 5.36. The SMILES string of the molecule is COCCCNC(=O)[C@@H]1CC(=O)N[C@@H](CC(C)C)C(=O)NCCCOc2ccccc2C(=O)N1. The average Bonchev–Trinajstić information content (AvgIpc) is 2.80. The summed E-state index contributed by atoms with van der Waals surface area (Å²) >= 11 is 0. The van der Waals surface area contributed by atoms with Crippen molar-refractivity contribution in [2.45, 2.75) is 51.6 Å². The van der Waals surface area contributed by atoms with Crippen molar-refractivity contribution < 1.29 is 28.7 Å². The van der Waals surface area contributed by atoms with E-state index in [1.165, 1.54) is 0 Å². The number of benzene rings is 1. The smallest absolute Gasteiger partial charge is 0.255 e. The highest BCUT2D eigenvalue weighted by molar-refractivity contribution is 6.01. The summed E-state index contributed by atoms with van der Waals surface area (Å²) in [7, 11) is 1.56. The van der Waals surface area contributed by atoms with Gasteiger partial charge in [0.15, 0.2) is 0 Å². The minimum absolute atomic E-state index is 0.163. The van der Waals surface area contributed by atoms with Gasteiger partial charge in [-0.15, -0.1) is 0 Å². The van der Waals surface area contributed by atoms with Crippen LogP contribution in [-0.2, 0) is 19.1 Å². The van der Waals surface area contributed by atoms with Crippen LogP contribution in [0.1, 0.15) is 49.9 Å². The second-order valence-electron chi connectivity index (χ2n) is 8.61. The molecule has 0 spiro atoms. The molecule has 1 aliphatic rings. The van der Waals surface area contributed by atoms with Gasteiger partial charge in [0, 0.05) is 26.8 Å². The molecule has 0 radical (unpaired) electrons. The van der Waals surface area contributed by atoms with Crippen LogP contribution >= 0.6 is 0 Å². The number of hydrogen-bond acceptors (Lipinski definition) is 6. The first-order valence-electron chi connectivity index (χ1n) is 11.7. The fourth-order valence-corrected chi connectivity index (χ4v) is 3.51. The maximum Gasteiger partial charge on any atom is 0.255 e. The van der Waals surface area contributed by atoms with Crippen LogP contribution < -0.4 is 26.0 Å². The highest BCUT2D eigenvalue weighted by atomic mass is 16.5. The molecule has 4 amide bonds. The second-order valence-corrected chi connectivity index (χ2v) is 8.61. The average molecular weight is 477 g/mol. The lowest BCUT2D eigenvalue weighted by atomic mass is 10.0. The molecule has 0 saturated heterocycles. The van der Waals surface area contributed by atoms with Crippen molar-refractivity contribution in [2.75, 3.05) is 33.4 Å². The van der Waals surface area contributed by atoms with E-state index in [0.717, 1.165) is 0 Å². The number of methoxy groups -OCH3 is 1. The lowest BCUT2D eigenvalue weighted by Crippen LogP contribution is -2.52. The molecule has 0 fully saturated rings. The Bertz CT molecular complexity index is 845. The van der Waals surface area contributed by atoms with Gasteiger partial charge in [0.25, 0.3) is 5.91 Å². The fourth-order valence-electron chi connectivity index (χ4n) is 3.51. The number of carbonyl (C=O) groups excluding carboxylic acids is 4. The molecule has 0 saturated carbocycles. The van der Waals surface area contributed by atoms with Gasteiger partial charge in [0.2, 0.25) is 17.7 Å². The van der Waals surface area contributed by atoms with E-state index in [1.807, 2.05) is 13.8 Å². The van der Waals surface area contributed by atoms with Crippen molar-refractivity contribution in [1.29, 1.82) is 0 Å². The van der Waals surface area contributed by atoms with Crippen LogP contribution in [0.5, 0.6) is 5.75 Å². The van der Waals surface area contributed by atoms with E-state index in [1.54, 1.807) is 31.4 Å². The van der Waals surface area contributed by atoms with Crippen LogP contribution in [0, 0.1) is 5.92 Å². The largest absolute Gasteiger partial charge is 0.493 e. The van der Waals surface area contributed by atoms with Gasteiger partial charge >= 0.3 is 0 Å². The Morgan fingerprint density at radius 1 is 1.21 bits per heavy atom. The molecule has 0 unspecified atom stereocenters. The molecule has 34 heavy (non-hydrogen) atoms. The third kappa shape index (κ3) is 9.01. The summed E-state index contributed by atoms with van der Waals surface area (Å²) in [6.07, 6.45) is 1.24. The summed E-state index contributed by atoms with van der Waals surface area (Å²) in [5.74, 6) is -1.28. The highest BCUT2D eigenvalue weighted by Crippen LogP contribution is 2.18. The normalized spacial score (nSPS) is 20.1. The Morgan fingerprint density at radius 3 is 2.71 bits per heavy atom. The first-order chi connectivity index (χ1) is 16.3. The molecule has 2 atom stereocenters. The highest BCUT2D eigenvalue weighted by Gasteiger charge is 2.28. The van der Waals surface area contributed by atoms with Crippen molar-refractivity contribution in [3.8, 4) is 5.75 Å². The van der Waals surface area contributed by atoms with Crippen molar-refractivity contribution in [2.24, 2.45) is 5.92 Å². The van der Waals surface area contributed by atoms with E-state index in [2.05, 4.69) is 21.3 Å². The Kier molecular flexibility index (Phi) is 11.3. The second kappa shape index (κ2) is 14.2. The van der Waals surface area contributed by atoms with E-state index in [4.69, 9.17) is 9.47 Å². The Balaban J connectivity index is 2.26. The summed E-state index contributed by atoms with van der Waals surface area (Å²) in [5, 5.41) is 10.9. The van der Waals surface area contributed by atoms with Gasteiger partial charge in [-0.25, -0.2) is 0 Å². The number of carbonyl (C=O) groups is 4. The van der Waals surface area contributed by atoms with Crippen LogP contribution in [0.25, 0.3) is 0 Å². The summed E-state index contributed by atoms with van der Waals surface area (Å²) in [6, 6.07) is 4.83. The zero-order valence-electron chi connectivity index (χ0n) is 20.1. The summed E-state index contributed by atoms with van der Waals surface area (Å²) in [5.41, 5.74) is 0.261. The van der Waals surface area contributed by atoms with Crippen LogP contribution in [0.4, 0.5) is 0 Å². The molecule has 0 aliphatic carbocycles. The number of rotatable bonds is 7. The molecule has 0 bridgehead atoms. The molecule has 188 valence electrons. The number of para-hydroxylation sites is 1. The molecule has 2 rings (SSSR count). The summed E-state index contributed by atoms with van der Waals surface area (Å²) in [4.78, 5) is 51.3. The van der Waals surface area contributed by atoms with Gasteiger partial charge in [-0.05, 0) is 37.3 Å². The number of ether oxygens (including phenoxy) is 2. The fraction of sp³-hybridized carbons (Fsp3) is 0.583. The van der Waals surface area contributed by atoms with Crippen molar-refractivity contribution >= 4 is 23.6 Å². The van der Waals surface area contributed by atoms with Crippen LogP contribution in [0.15, 0.2) is 24.3 Å². The number of hydrogen-bond donors (Lipinski definition) is 4. The molecular weight excluding hydrogens is 440 g/mol. The first kappa shape index (κ1) is 27.1. The predicted octanol–water partition coefficient (Wildman–Crippen LogP) is 0.757. The molecule has 4 N–H and O–H groups in total. The minimum atomic E-state index is -1.13. The molecule has 1 aliphatic heterocycles. The van der Waals surface area contributed by atoms with Crippen molar-refractivity contribution in [3.63, 3.8) is 0 Å². The zero-order valence-corrected chi connectivity index (χ0v) is 20.1. The van der Waals surface area contributed by atoms with Gasteiger partial charge in [-0.1, -0.05) is 26.0 Å². The van der Waals surface area contributed by atoms with Crippen LogP contribution in [0.3, 0.4) is 0 Å². The quantitative estimate of drug-likeness (QED) is 0.429. The summed E-state index contributed by atoms with van der Waals surface area (Å²) < 4.78 is 10.7. The van der Waals surface area contributed by atoms with Gasteiger partial charge < -0.3 is 30.7 Å². The Labute approximate surface area is 200 Å². The van der Waals surface area contributed by atoms with Crippen LogP contribution in [-0.4, -0.2) is 69.1 Å². The standard InChI is InChI=1S/C24H36N4O6/c1-16(2)14-18-23(31)26-11-7-13-34-20-9-5-4-8-17(20)22(30)28-19(15-21(29)27-18)24(32)25-10-6-12-33-3/h4-5,8-9,16,18-19H,6-7,10-15H2,1-3H3,(H,25,32)(H,26,31)(H,27,29)(H,28,30)/t18-,19-/m0/s1. The number of fused-ring (bicyclic) bond motifs is 1. The molecule has 10 heteroatoms. The van der Waals surface area contributed by atoms with Gasteiger partial charge in [0.1, 0.15) is 17.8 Å². The predicted molar refractivity (Wildman–Crippen MR) is 126 cm³/mol. The molecular formula is C24H36N4O6. The topological polar surface area (TPSA) is 135 Å². The van der Waals surface area contributed by atoms with E-state index >= 15 is 0 Å². The van der Waals surface area contributed by atoms with E-state index < -0.39 is 29.8 Å². The van der Waals surface area contributed by atoms with E-state index in [9.17, 15) is 19.2 Å².